The predicted molar refractivity (Wildman–Crippen MR) is 80.9 cm³/mol. The molecular formula is C15H23N3O4. The Morgan fingerprint density at radius 2 is 2.14 bits per heavy atom. The molecule has 1 fully saturated rings. The molecule has 2 rings (SSSR count). The van der Waals surface area contributed by atoms with E-state index in [0.29, 0.717) is 24.3 Å². The highest BCUT2D eigenvalue weighted by Crippen LogP contribution is 2.28. The van der Waals surface area contributed by atoms with E-state index in [0.717, 1.165) is 12.4 Å². The number of ether oxygens (including phenoxy) is 3. The number of aryl methyl sites for hydroxylation is 1. The molecule has 0 unspecified atom stereocenters. The molecule has 1 aliphatic rings. The van der Waals surface area contributed by atoms with Crippen LogP contribution >= 0.6 is 0 Å². The van der Waals surface area contributed by atoms with Gasteiger partial charge in [-0.05, 0) is 27.2 Å². The molecule has 0 amide bonds. The maximum Gasteiger partial charge on any atom is 0.340 e. The topological polar surface area (TPSA) is 74.6 Å². The van der Waals surface area contributed by atoms with E-state index in [2.05, 4.69) is 10.4 Å². The normalized spacial score (nSPS) is 21.8. The summed E-state index contributed by atoms with van der Waals surface area (Å²) in [7, 11) is 0. The highest BCUT2D eigenvalue weighted by molar-refractivity contribution is 5.91. The minimum Gasteiger partial charge on any atom is -0.462 e. The van der Waals surface area contributed by atoms with E-state index in [1.807, 2.05) is 24.6 Å². The summed E-state index contributed by atoms with van der Waals surface area (Å²) >= 11 is 0. The monoisotopic (exact) mass is 309 g/mol. The van der Waals surface area contributed by atoms with Crippen LogP contribution in [0.2, 0.25) is 0 Å². The minimum atomic E-state index is -0.686. The second-order valence-corrected chi connectivity index (χ2v) is 4.80. The van der Waals surface area contributed by atoms with Crippen LogP contribution in [0.1, 0.15) is 34.1 Å². The quantitative estimate of drug-likeness (QED) is 0.615. The second-order valence-electron chi connectivity index (χ2n) is 4.80. The lowest BCUT2D eigenvalue weighted by atomic mass is 10.1. The lowest BCUT2D eigenvalue weighted by Crippen LogP contribution is -2.43. The van der Waals surface area contributed by atoms with Crippen LogP contribution in [-0.2, 0) is 25.5 Å². The van der Waals surface area contributed by atoms with Gasteiger partial charge in [-0.25, -0.2) is 9.48 Å². The molecule has 7 heteroatoms. The molecule has 122 valence electrons. The summed E-state index contributed by atoms with van der Waals surface area (Å²) in [4.78, 5) is 12.3. The van der Waals surface area contributed by atoms with Crippen molar-refractivity contribution < 1.29 is 19.0 Å². The Hall–Kier alpha value is -1.86. The van der Waals surface area contributed by atoms with Gasteiger partial charge in [0, 0.05) is 18.3 Å². The van der Waals surface area contributed by atoms with E-state index in [-0.39, 0.29) is 6.29 Å². The third kappa shape index (κ3) is 3.48. The first-order valence-corrected chi connectivity index (χ1v) is 7.60. The molecule has 7 nitrogen and oxygen atoms in total. The van der Waals surface area contributed by atoms with Crippen molar-refractivity contribution in [2.45, 2.75) is 53.2 Å². The van der Waals surface area contributed by atoms with Crippen molar-refractivity contribution in [2.24, 2.45) is 0 Å². The Labute approximate surface area is 130 Å². The predicted octanol–water partition coefficient (Wildman–Crippen LogP) is 2.26. The number of anilines is 1. The number of carbonyl (C=O) groups is 1. The molecule has 0 spiro atoms. The fourth-order valence-corrected chi connectivity index (χ4v) is 2.26. The molecular weight excluding hydrogens is 286 g/mol. The number of rotatable bonds is 7. The molecule has 0 radical (unpaired) electrons. The molecule has 0 aromatic carbocycles. The molecule has 1 saturated heterocycles. The van der Waals surface area contributed by atoms with Gasteiger partial charge in [-0.3, -0.25) is 0 Å². The zero-order valence-corrected chi connectivity index (χ0v) is 13.5. The van der Waals surface area contributed by atoms with E-state index in [1.165, 1.54) is 0 Å². The fraction of sp³-hybridized carbons (Fsp3) is 0.600. The lowest BCUT2D eigenvalue weighted by molar-refractivity contribution is -0.358. The lowest BCUT2D eigenvalue weighted by Gasteiger charge is -2.35. The molecule has 1 aliphatic heterocycles. The van der Waals surface area contributed by atoms with Gasteiger partial charge in [0.25, 0.3) is 0 Å². The Balaban J connectivity index is 2.29. The van der Waals surface area contributed by atoms with E-state index < -0.39 is 12.3 Å². The van der Waals surface area contributed by atoms with Gasteiger partial charge in [-0.1, -0.05) is 6.92 Å². The van der Waals surface area contributed by atoms with Crippen molar-refractivity contribution in [2.75, 3.05) is 11.9 Å². The summed E-state index contributed by atoms with van der Waals surface area (Å²) in [6.45, 7) is 8.54. The summed E-state index contributed by atoms with van der Waals surface area (Å²) in [5.74, 6) is 0.389. The molecule has 1 N–H and O–H groups in total. The summed E-state index contributed by atoms with van der Waals surface area (Å²) < 4.78 is 17.9. The summed E-state index contributed by atoms with van der Waals surface area (Å²) in [5.41, 5.74) is 1.09. The van der Waals surface area contributed by atoms with Gasteiger partial charge in [0.2, 0.25) is 0 Å². The van der Waals surface area contributed by atoms with Crippen LogP contribution in [0.15, 0.2) is 23.5 Å². The van der Waals surface area contributed by atoms with Gasteiger partial charge in [-0.2, -0.15) is 5.10 Å². The second kappa shape index (κ2) is 7.42. The molecule has 1 aromatic rings. The number of hydrogen-bond acceptors (Lipinski definition) is 6. The van der Waals surface area contributed by atoms with Gasteiger partial charge in [0.05, 0.1) is 12.8 Å². The van der Waals surface area contributed by atoms with E-state index >= 15 is 0 Å². The number of nitrogens with zero attached hydrogens (tertiary/aromatic N) is 2. The van der Waals surface area contributed by atoms with Crippen LogP contribution in [-0.4, -0.2) is 34.9 Å². The smallest absolute Gasteiger partial charge is 0.340 e. The first-order chi connectivity index (χ1) is 10.6. The summed E-state index contributed by atoms with van der Waals surface area (Å²) in [5, 5.41) is 7.46. The van der Waals surface area contributed by atoms with E-state index in [9.17, 15) is 4.79 Å². The number of esters is 1. The van der Waals surface area contributed by atoms with Crippen LogP contribution in [0.3, 0.4) is 0 Å². The number of nitrogens with one attached hydrogen (secondary N) is 1. The number of carbonyl (C=O) groups excluding carboxylic acids is 1. The largest absolute Gasteiger partial charge is 0.462 e. The Morgan fingerprint density at radius 3 is 2.68 bits per heavy atom. The standard InChI is InChI=1S/C15H23N3O4/c1-5-11(17-12-8-9-16-18(12)6-2)13(14(19)20-7-3)15-21-10(4)22-15/h8-10,15,17H,5-7H2,1-4H3/b13-11-. The molecule has 0 aliphatic carbocycles. The fourth-order valence-electron chi connectivity index (χ4n) is 2.26. The van der Waals surface area contributed by atoms with Crippen molar-refractivity contribution in [1.82, 2.24) is 9.78 Å². The third-order valence-corrected chi connectivity index (χ3v) is 3.34. The first kappa shape index (κ1) is 16.5. The highest BCUT2D eigenvalue weighted by Gasteiger charge is 2.37. The maximum absolute atomic E-state index is 12.3. The minimum absolute atomic E-state index is 0.300. The number of hydrogen-bond donors (Lipinski definition) is 1. The Morgan fingerprint density at radius 1 is 1.41 bits per heavy atom. The average Bonchev–Trinajstić information content (AvgIpc) is 2.92. The number of allylic oxidation sites excluding steroid dienone is 1. The number of aromatic nitrogens is 2. The van der Waals surface area contributed by atoms with Crippen LogP contribution in [0.5, 0.6) is 0 Å². The van der Waals surface area contributed by atoms with E-state index in [1.54, 1.807) is 20.0 Å². The van der Waals surface area contributed by atoms with Gasteiger partial charge >= 0.3 is 5.97 Å². The van der Waals surface area contributed by atoms with Gasteiger partial charge < -0.3 is 19.5 Å². The van der Waals surface area contributed by atoms with Gasteiger partial charge in [-0.15, -0.1) is 0 Å². The summed E-state index contributed by atoms with van der Waals surface area (Å²) in [6, 6.07) is 1.85. The van der Waals surface area contributed by atoms with Crippen molar-refractivity contribution in [3.05, 3.63) is 23.5 Å². The molecule has 0 saturated carbocycles. The SMILES string of the molecule is CCOC(=O)/C(=C(\CC)Nc1ccnn1CC)C1OC(C)O1. The van der Waals surface area contributed by atoms with Crippen molar-refractivity contribution >= 4 is 11.8 Å². The Kier molecular flexibility index (Phi) is 5.57. The molecule has 1 aromatic heterocycles. The zero-order chi connectivity index (χ0) is 16.1. The molecule has 2 heterocycles. The first-order valence-electron chi connectivity index (χ1n) is 7.60. The third-order valence-electron chi connectivity index (χ3n) is 3.34. The van der Waals surface area contributed by atoms with Crippen LogP contribution in [0.4, 0.5) is 5.82 Å². The highest BCUT2D eigenvalue weighted by atomic mass is 16.9. The average molecular weight is 309 g/mol. The van der Waals surface area contributed by atoms with Crippen molar-refractivity contribution in [3.63, 3.8) is 0 Å². The van der Waals surface area contributed by atoms with Crippen molar-refractivity contribution in [1.29, 1.82) is 0 Å². The van der Waals surface area contributed by atoms with Gasteiger partial charge in [0.1, 0.15) is 11.4 Å². The molecule has 0 atom stereocenters. The molecule has 0 bridgehead atoms. The van der Waals surface area contributed by atoms with E-state index in [4.69, 9.17) is 14.2 Å². The summed E-state index contributed by atoms with van der Waals surface area (Å²) in [6.07, 6.45) is 1.32. The molecule has 22 heavy (non-hydrogen) atoms. The van der Waals surface area contributed by atoms with Crippen molar-refractivity contribution in [3.8, 4) is 0 Å². The van der Waals surface area contributed by atoms with Crippen LogP contribution < -0.4 is 5.32 Å². The van der Waals surface area contributed by atoms with Gasteiger partial charge in [0.15, 0.2) is 12.6 Å². The zero-order valence-electron chi connectivity index (χ0n) is 13.5. The maximum atomic E-state index is 12.3. The van der Waals surface area contributed by atoms with Crippen LogP contribution in [0, 0.1) is 0 Å². The van der Waals surface area contributed by atoms with Crippen LogP contribution in [0.25, 0.3) is 0 Å². The Bertz CT molecular complexity index is 547.